The molecule has 15 heavy (non-hydrogen) atoms. The molecule has 2 rings (SSSR count). The lowest BCUT2D eigenvalue weighted by Crippen LogP contribution is -2.52. The molecule has 2 nitrogen and oxygen atoms in total. The Bertz CT molecular complexity index is 179. The van der Waals surface area contributed by atoms with E-state index in [2.05, 4.69) is 12.2 Å². The third-order valence-corrected chi connectivity index (χ3v) is 4.27. The molecule has 0 spiro atoms. The van der Waals surface area contributed by atoms with Gasteiger partial charge in [-0.3, -0.25) is 0 Å². The van der Waals surface area contributed by atoms with E-state index in [1.807, 2.05) is 0 Å². The zero-order valence-corrected chi connectivity index (χ0v) is 10.3. The Labute approximate surface area is 94.6 Å². The lowest BCUT2D eigenvalue weighted by molar-refractivity contribution is -0.918. The van der Waals surface area contributed by atoms with Gasteiger partial charge in [-0.05, 0) is 25.8 Å². The lowest BCUT2D eigenvalue weighted by Gasteiger charge is -2.36. The minimum absolute atomic E-state index is 0.833. The maximum absolute atomic E-state index is 3.67. The van der Waals surface area contributed by atoms with Gasteiger partial charge in [0.25, 0.3) is 0 Å². The number of unbranched alkanes of at least 4 members (excludes halogenated alkanes) is 1. The molecule has 2 fully saturated rings. The fourth-order valence-electron chi connectivity index (χ4n) is 3.38. The summed E-state index contributed by atoms with van der Waals surface area (Å²) in [6.45, 7) is 9.35. The van der Waals surface area contributed by atoms with Gasteiger partial charge in [0.05, 0.1) is 32.2 Å². The predicted molar refractivity (Wildman–Crippen MR) is 64.9 cm³/mol. The molecule has 1 atom stereocenters. The summed E-state index contributed by atoms with van der Waals surface area (Å²) in [7, 11) is 0. The van der Waals surface area contributed by atoms with E-state index in [0.29, 0.717) is 0 Å². The molecule has 0 aliphatic carbocycles. The Balaban J connectivity index is 1.86. The van der Waals surface area contributed by atoms with Gasteiger partial charge >= 0.3 is 0 Å². The summed E-state index contributed by atoms with van der Waals surface area (Å²) in [5, 5.41) is 3.67. The quantitative estimate of drug-likeness (QED) is 0.687. The van der Waals surface area contributed by atoms with Crippen LogP contribution < -0.4 is 5.32 Å². The van der Waals surface area contributed by atoms with Crippen molar-refractivity contribution in [1.82, 2.24) is 5.32 Å². The van der Waals surface area contributed by atoms with Crippen LogP contribution >= 0.6 is 0 Å². The van der Waals surface area contributed by atoms with Crippen molar-refractivity contribution < 1.29 is 4.48 Å². The molecule has 0 aromatic rings. The van der Waals surface area contributed by atoms with Gasteiger partial charge in [-0.25, -0.2) is 0 Å². The van der Waals surface area contributed by atoms with Crippen LogP contribution in [0.1, 0.15) is 45.4 Å². The third kappa shape index (κ3) is 2.94. The lowest BCUT2D eigenvalue weighted by atomic mass is 10.1. The summed E-state index contributed by atoms with van der Waals surface area (Å²) in [6.07, 6.45) is 8.54. The molecule has 0 bridgehead atoms. The minimum atomic E-state index is 0.833. The summed E-state index contributed by atoms with van der Waals surface area (Å²) in [5.74, 6) is 0. The Morgan fingerprint density at radius 3 is 2.60 bits per heavy atom. The molecule has 2 saturated heterocycles. The molecular weight excluding hydrogens is 184 g/mol. The van der Waals surface area contributed by atoms with Gasteiger partial charge in [0.2, 0.25) is 0 Å². The average molecular weight is 211 g/mol. The van der Waals surface area contributed by atoms with E-state index in [0.717, 1.165) is 6.04 Å². The Kier molecular flexibility index (Phi) is 4.04. The molecular formula is C13H27N2+. The van der Waals surface area contributed by atoms with Crippen LogP contribution in [0.4, 0.5) is 0 Å². The highest BCUT2D eigenvalue weighted by Gasteiger charge is 2.34. The van der Waals surface area contributed by atoms with Crippen molar-refractivity contribution in [2.75, 3.05) is 32.7 Å². The SMILES string of the molecule is CCCC[N+]1(C[C@@H]2CCCN2)CCCC1. The Morgan fingerprint density at radius 1 is 1.20 bits per heavy atom. The third-order valence-electron chi connectivity index (χ3n) is 4.27. The smallest absolute Gasteiger partial charge is 0.0942 e. The number of quaternary nitrogens is 1. The van der Waals surface area contributed by atoms with Gasteiger partial charge in [0.1, 0.15) is 0 Å². The largest absolute Gasteiger partial charge is 0.322 e. The first-order chi connectivity index (χ1) is 7.35. The van der Waals surface area contributed by atoms with E-state index < -0.39 is 0 Å². The monoisotopic (exact) mass is 211 g/mol. The topological polar surface area (TPSA) is 12.0 Å². The summed E-state index contributed by atoms with van der Waals surface area (Å²) < 4.78 is 1.44. The molecule has 0 amide bonds. The van der Waals surface area contributed by atoms with Crippen molar-refractivity contribution in [1.29, 1.82) is 0 Å². The number of hydrogen-bond donors (Lipinski definition) is 1. The van der Waals surface area contributed by atoms with Crippen LogP contribution in [0.2, 0.25) is 0 Å². The second-order valence-electron chi connectivity index (χ2n) is 5.55. The van der Waals surface area contributed by atoms with Crippen molar-refractivity contribution in [3.05, 3.63) is 0 Å². The van der Waals surface area contributed by atoms with Crippen molar-refractivity contribution in [2.24, 2.45) is 0 Å². The molecule has 0 unspecified atom stereocenters. The van der Waals surface area contributed by atoms with E-state index in [9.17, 15) is 0 Å². The van der Waals surface area contributed by atoms with Crippen molar-refractivity contribution in [3.8, 4) is 0 Å². The van der Waals surface area contributed by atoms with Crippen LogP contribution in [0.5, 0.6) is 0 Å². The molecule has 1 N–H and O–H groups in total. The number of hydrogen-bond acceptors (Lipinski definition) is 1. The van der Waals surface area contributed by atoms with Gasteiger partial charge in [-0.1, -0.05) is 13.3 Å². The first kappa shape index (κ1) is 11.4. The maximum Gasteiger partial charge on any atom is 0.0942 e. The second-order valence-corrected chi connectivity index (χ2v) is 5.55. The van der Waals surface area contributed by atoms with Gasteiger partial charge in [0, 0.05) is 12.8 Å². The highest BCUT2D eigenvalue weighted by atomic mass is 15.4. The van der Waals surface area contributed by atoms with E-state index in [4.69, 9.17) is 0 Å². The van der Waals surface area contributed by atoms with Crippen LogP contribution in [0, 0.1) is 0 Å². The average Bonchev–Trinajstić information content (AvgIpc) is 2.88. The standard InChI is InChI=1S/C13H27N2/c1-2-3-9-15(10-4-5-11-15)12-13-7-6-8-14-13/h13-14H,2-12H2,1H3/q+1/t13-/m0/s1. The molecule has 88 valence electrons. The summed E-state index contributed by atoms with van der Waals surface area (Å²) in [4.78, 5) is 0. The fraction of sp³-hybridized carbons (Fsp3) is 1.00. The van der Waals surface area contributed by atoms with E-state index in [1.54, 1.807) is 0 Å². The van der Waals surface area contributed by atoms with E-state index in [-0.39, 0.29) is 0 Å². The molecule has 2 aliphatic heterocycles. The van der Waals surface area contributed by atoms with Gasteiger partial charge in [-0.15, -0.1) is 0 Å². The highest BCUT2D eigenvalue weighted by molar-refractivity contribution is 4.75. The molecule has 0 saturated carbocycles. The molecule has 2 heterocycles. The van der Waals surface area contributed by atoms with Crippen molar-refractivity contribution >= 4 is 0 Å². The zero-order valence-electron chi connectivity index (χ0n) is 10.3. The van der Waals surface area contributed by atoms with E-state index in [1.165, 1.54) is 75.7 Å². The number of nitrogens with one attached hydrogen (secondary N) is 1. The van der Waals surface area contributed by atoms with Crippen LogP contribution in [0.15, 0.2) is 0 Å². The Hall–Kier alpha value is -0.0800. The van der Waals surface area contributed by atoms with Crippen LogP contribution in [-0.2, 0) is 0 Å². The number of nitrogens with zero attached hydrogens (tertiary/aromatic N) is 1. The maximum atomic E-state index is 3.67. The van der Waals surface area contributed by atoms with Gasteiger partial charge < -0.3 is 9.80 Å². The molecule has 2 heteroatoms. The second kappa shape index (κ2) is 5.31. The zero-order chi connectivity index (χ0) is 10.6. The Morgan fingerprint density at radius 2 is 2.00 bits per heavy atom. The van der Waals surface area contributed by atoms with Crippen molar-refractivity contribution in [2.45, 2.75) is 51.5 Å². The highest BCUT2D eigenvalue weighted by Crippen LogP contribution is 2.23. The molecule has 2 aliphatic rings. The first-order valence-electron chi connectivity index (χ1n) is 6.93. The van der Waals surface area contributed by atoms with E-state index >= 15 is 0 Å². The number of rotatable bonds is 5. The molecule has 0 aromatic carbocycles. The normalized spacial score (nSPS) is 29.8. The first-order valence-corrected chi connectivity index (χ1v) is 6.93. The fourth-order valence-corrected chi connectivity index (χ4v) is 3.38. The van der Waals surface area contributed by atoms with Gasteiger partial charge in [-0.2, -0.15) is 0 Å². The number of likely N-dealkylation sites (tertiary alicyclic amines) is 1. The summed E-state index contributed by atoms with van der Waals surface area (Å²) >= 11 is 0. The summed E-state index contributed by atoms with van der Waals surface area (Å²) in [6, 6.07) is 0.833. The molecule has 0 radical (unpaired) electrons. The van der Waals surface area contributed by atoms with Crippen LogP contribution in [0.3, 0.4) is 0 Å². The van der Waals surface area contributed by atoms with Crippen LogP contribution in [0.25, 0.3) is 0 Å². The summed E-state index contributed by atoms with van der Waals surface area (Å²) in [5.41, 5.74) is 0. The van der Waals surface area contributed by atoms with Crippen LogP contribution in [-0.4, -0.2) is 43.2 Å². The predicted octanol–water partition coefficient (Wildman–Crippen LogP) is 2.15. The minimum Gasteiger partial charge on any atom is -0.322 e. The van der Waals surface area contributed by atoms with Crippen molar-refractivity contribution in [3.63, 3.8) is 0 Å². The molecule has 0 aromatic heterocycles. The van der Waals surface area contributed by atoms with Gasteiger partial charge in [0.15, 0.2) is 0 Å².